The summed E-state index contributed by atoms with van der Waals surface area (Å²) in [7, 11) is -4.01. The van der Waals surface area contributed by atoms with E-state index in [2.05, 4.69) is 20.2 Å². The summed E-state index contributed by atoms with van der Waals surface area (Å²) in [5.74, 6) is 0. The maximum Gasteiger partial charge on any atom is 0.295 e. The Morgan fingerprint density at radius 2 is 1.87 bits per heavy atom. The molecule has 30 heavy (non-hydrogen) atoms. The number of pyridine rings is 1. The summed E-state index contributed by atoms with van der Waals surface area (Å²) in [6, 6.07) is 12.3. The van der Waals surface area contributed by atoms with Crippen LogP contribution >= 0.6 is 0 Å². The first kappa shape index (κ1) is 20.9. The molecule has 0 fully saturated rings. The zero-order chi connectivity index (χ0) is 21.7. The van der Waals surface area contributed by atoms with Crippen LogP contribution in [0.15, 0.2) is 70.9 Å². The van der Waals surface area contributed by atoms with Crippen molar-refractivity contribution in [1.82, 2.24) is 4.98 Å². The molecule has 0 aliphatic carbocycles. The normalized spacial score (nSPS) is 11.4. The van der Waals surface area contributed by atoms with Gasteiger partial charge in [0.05, 0.1) is 21.7 Å². The number of anilines is 2. The quantitative estimate of drug-likeness (QED) is 0.336. The zero-order valence-corrected chi connectivity index (χ0v) is 17.1. The summed E-state index contributed by atoms with van der Waals surface area (Å²) in [5, 5.41) is 15.4. The van der Waals surface area contributed by atoms with Crippen molar-refractivity contribution in [2.24, 2.45) is 5.10 Å². The number of hydrogen-bond acceptors (Lipinski definition) is 7. The van der Waals surface area contributed by atoms with Gasteiger partial charge >= 0.3 is 0 Å². The largest absolute Gasteiger partial charge is 0.295 e. The molecule has 3 aromatic rings. The smallest absolute Gasteiger partial charge is 0.279 e. The van der Waals surface area contributed by atoms with Crippen LogP contribution in [0.2, 0.25) is 0 Å². The molecule has 154 valence electrons. The lowest BCUT2D eigenvalue weighted by Gasteiger charge is -2.12. The van der Waals surface area contributed by atoms with E-state index in [0.717, 1.165) is 17.2 Å². The predicted octanol–water partition coefficient (Wildman–Crippen LogP) is 3.85. The number of rotatable bonds is 7. The van der Waals surface area contributed by atoms with Crippen molar-refractivity contribution in [3.8, 4) is 0 Å². The summed E-state index contributed by atoms with van der Waals surface area (Å²) in [4.78, 5) is 14.5. The van der Waals surface area contributed by atoms with Gasteiger partial charge in [-0.3, -0.25) is 25.2 Å². The van der Waals surface area contributed by atoms with Gasteiger partial charge < -0.3 is 0 Å². The van der Waals surface area contributed by atoms with E-state index in [9.17, 15) is 18.5 Å². The van der Waals surface area contributed by atoms with E-state index in [1.165, 1.54) is 18.3 Å². The second-order valence-electron chi connectivity index (χ2n) is 6.52. The minimum atomic E-state index is -4.01. The van der Waals surface area contributed by atoms with Crippen LogP contribution in [-0.4, -0.2) is 24.5 Å². The number of hydrazone groups is 1. The Kier molecular flexibility index (Phi) is 6.07. The highest BCUT2D eigenvalue weighted by atomic mass is 32.2. The topological polar surface area (TPSA) is 127 Å². The Morgan fingerprint density at radius 3 is 2.53 bits per heavy atom. The number of aromatic nitrogens is 1. The number of nitro benzene ring substituents is 1. The van der Waals surface area contributed by atoms with Gasteiger partial charge in [0, 0.05) is 24.0 Å². The summed E-state index contributed by atoms with van der Waals surface area (Å²) in [6.07, 6.45) is 4.64. The average molecular weight is 425 g/mol. The van der Waals surface area contributed by atoms with E-state index in [-0.39, 0.29) is 10.6 Å². The van der Waals surface area contributed by atoms with Crippen LogP contribution in [0.1, 0.15) is 16.7 Å². The molecule has 1 aromatic heterocycles. The molecule has 0 bridgehead atoms. The number of nitrogens with one attached hydrogen (secondary N) is 2. The van der Waals surface area contributed by atoms with Crippen molar-refractivity contribution in [3.63, 3.8) is 0 Å². The molecule has 2 N–H and O–H groups in total. The molecule has 1 heterocycles. The number of hydrogen-bond donors (Lipinski definition) is 2. The van der Waals surface area contributed by atoms with E-state index in [1.807, 2.05) is 13.0 Å². The molecule has 0 saturated heterocycles. The van der Waals surface area contributed by atoms with Gasteiger partial charge in [-0.15, -0.1) is 0 Å². The molecule has 0 amide bonds. The van der Waals surface area contributed by atoms with Crippen molar-refractivity contribution in [3.05, 3.63) is 87.7 Å². The summed E-state index contributed by atoms with van der Waals surface area (Å²) < 4.78 is 27.9. The second-order valence-corrected chi connectivity index (χ2v) is 8.20. The van der Waals surface area contributed by atoms with E-state index in [4.69, 9.17) is 0 Å². The number of benzene rings is 2. The van der Waals surface area contributed by atoms with E-state index in [0.29, 0.717) is 11.3 Å². The first-order valence-corrected chi connectivity index (χ1v) is 10.3. The van der Waals surface area contributed by atoms with Crippen molar-refractivity contribution < 1.29 is 13.3 Å². The molecule has 0 spiro atoms. The van der Waals surface area contributed by atoms with Crippen LogP contribution in [0, 0.1) is 24.0 Å². The fraction of sp³-hybridized carbons (Fsp3) is 0.100. The van der Waals surface area contributed by atoms with Gasteiger partial charge in [0.1, 0.15) is 5.69 Å². The summed E-state index contributed by atoms with van der Waals surface area (Å²) in [5.41, 5.74) is 5.07. The molecular formula is C20H19N5O4S. The van der Waals surface area contributed by atoms with Crippen molar-refractivity contribution in [2.45, 2.75) is 18.7 Å². The number of aryl methyl sites for hydroxylation is 2. The third-order valence-corrected chi connectivity index (χ3v) is 5.55. The third kappa shape index (κ3) is 4.97. The maximum atomic E-state index is 12.7. The number of sulfonamides is 1. The Bertz CT molecular complexity index is 1210. The highest BCUT2D eigenvalue weighted by Crippen LogP contribution is 2.29. The van der Waals surface area contributed by atoms with Crippen molar-refractivity contribution in [1.29, 1.82) is 0 Å². The third-order valence-electron chi connectivity index (χ3n) is 4.19. The highest BCUT2D eigenvalue weighted by molar-refractivity contribution is 7.92. The van der Waals surface area contributed by atoms with Gasteiger partial charge in [0.15, 0.2) is 0 Å². The Hall–Kier alpha value is -3.79. The molecule has 0 aliphatic heterocycles. The Balaban J connectivity index is 1.86. The van der Waals surface area contributed by atoms with Gasteiger partial charge in [0.25, 0.3) is 15.7 Å². The highest BCUT2D eigenvalue weighted by Gasteiger charge is 2.22. The van der Waals surface area contributed by atoms with Gasteiger partial charge in [-0.05, 0) is 43.7 Å². The zero-order valence-electron chi connectivity index (χ0n) is 16.2. The molecule has 3 rings (SSSR count). The van der Waals surface area contributed by atoms with Crippen LogP contribution in [0.4, 0.5) is 17.1 Å². The fourth-order valence-electron chi connectivity index (χ4n) is 2.68. The summed E-state index contributed by atoms with van der Waals surface area (Å²) >= 11 is 0. The average Bonchev–Trinajstić information content (AvgIpc) is 2.71. The van der Waals surface area contributed by atoms with Crippen LogP contribution < -0.4 is 10.1 Å². The van der Waals surface area contributed by atoms with Crippen LogP contribution in [0.3, 0.4) is 0 Å². The van der Waals surface area contributed by atoms with Gasteiger partial charge in [0.2, 0.25) is 0 Å². The van der Waals surface area contributed by atoms with Crippen LogP contribution in [0.5, 0.6) is 0 Å². The van der Waals surface area contributed by atoms with Crippen LogP contribution in [0.25, 0.3) is 0 Å². The molecule has 0 radical (unpaired) electrons. The first-order valence-electron chi connectivity index (χ1n) is 8.84. The molecular weight excluding hydrogens is 406 g/mol. The molecule has 0 aliphatic rings. The van der Waals surface area contributed by atoms with Crippen LogP contribution in [-0.2, 0) is 10.0 Å². The maximum absolute atomic E-state index is 12.7. The standard InChI is InChI=1S/C20H19N5O4S/c1-14-5-7-18(15(2)10-14)24-30(28,29)17-6-8-19(20(11-17)25(26)27)23-22-13-16-4-3-9-21-12-16/h3-13,23-24H,1-2H3/b22-13+. The number of nitrogens with zero attached hydrogens (tertiary/aromatic N) is 3. The number of nitro groups is 1. The molecule has 2 aromatic carbocycles. The minimum Gasteiger partial charge on any atom is -0.279 e. The Morgan fingerprint density at radius 1 is 1.10 bits per heavy atom. The predicted molar refractivity (Wildman–Crippen MR) is 115 cm³/mol. The monoisotopic (exact) mass is 425 g/mol. The SMILES string of the molecule is Cc1ccc(NS(=O)(=O)c2ccc(N/N=C/c3cccnc3)c([N+](=O)[O-])c2)c(C)c1. The summed E-state index contributed by atoms with van der Waals surface area (Å²) in [6.45, 7) is 3.68. The molecule has 0 atom stereocenters. The van der Waals surface area contributed by atoms with Gasteiger partial charge in [-0.1, -0.05) is 23.8 Å². The molecule has 0 unspecified atom stereocenters. The van der Waals surface area contributed by atoms with E-state index < -0.39 is 20.6 Å². The molecule has 0 saturated carbocycles. The lowest BCUT2D eigenvalue weighted by molar-refractivity contribution is -0.384. The van der Waals surface area contributed by atoms with Crippen molar-refractivity contribution >= 4 is 33.3 Å². The first-order chi connectivity index (χ1) is 14.3. The lowest BCUT2D eigenvalue weighted by Crippen LogP contribution is -2.14. The lowest BCUT2D eigenvalue weighted by atomic mass is 10.1. The van der Waals surface area contributed by atoms with Gasteiger partial charge in [-0.25, -0.2) is 8.42 Å². The molecule has 9 nitrogen and oxygen atoms in total. The van der Waals surface area contributed by atoms with Gasteiger partial charge in [-0.2, -0.15) is 5.10 Å². The Labute approximate surface area is 173 Å². The second kappa shape index (κ2) is 8.70. The van der Waals surface area contributed by atoms with E-state index >= 15 is 0 Å². The van der Waals surface area contributed by atoms with Crippen molar-refractivity contribution in [2.75, 3.05) is 10.1 Å². The molecule has 10 heteroatoms. The van der Waals surface area contributed by atoms with E-state index in [1.54, 1.807) is 43.6 Å². The minimum absolute atomic E-state index is 0.0607. The fourth-order valence-corrected chi connectivity index (χ4v) is 3.84.